The summed E-state index contributed by atoms with van der Waals surface area (Å²) in [4.78, 5) is 5.05. The van der Waals surface area contributed by atoms with Crippen LogP contribution in [0.25, 0.3) is 0 Å². The monoisotopic (exact) mass is 213 g/mol. The molecular formula is C12H27N3. The number of likely N-dealkylation sites (tertiary alicyclic amines) is 1. The van der Waals surface area contributed by atoms with Gasteiger partial charge in [0.05, 0.1) is 0 Å². The first-order chi connectivity index (χ1) is 7.33. The molecule has 3 nitrogen and oxygen atoms in total. The first kappa shape index (κ1) is 12.9. The molecule has 90 valence electrons. The predicted octanol–water partition coefficient (Wildman–Crippen LogP) is 1.01. The molecule has 1 N–H and O–H groups in total. The van der Waals surface area contributed by atoms with Crippen molar-refractivity contribution in [1.29, 1.82) is 0 Å². The highest BCUT2D eigenvalue weighted by Crippen LogP contribution is 2.07. The standard InChI is InChI=1S/C12H27N3/c1-13-7-5-8-14(2)9-6-12-15-10-3-4-11-15/h13H,3-12H2,1-2H3. The number of nitrogens with one attached hydrogen (secondary N) is 1. The Hall–Kier alpha value is -0.120. The van der Waals surface area contributed by atoms with Gasteiger partial charge in [-0.2, -0.15) is 0 Å². The van der Waals surface area contributed by atoms with E-state index in [0.717, 1.165) is 6.54 Å². The summed E-state index contributed by atoms with van der Waals surface area (Å²) in [6.07, 6.45) is 5.42. The molecule has 0 unspecified atom stereocenters. The summed E-state index contributed by atoms with van der Waals surface area (Å²) in [6, 6.07) is 0. The van der Waals surface area contributed by atoms with Gasteiger partial charge >= 0.3 is 0 Å². The zero-order valence-corrected chi connectivity index (χ0v) is 10.5. The molecule has 0 aliphatic carbocycles. The third kappa shape index (κ3) is 6.13. The summed E-state index contributed by atoms with van der Waals surface area (Å²) >= 11 is 0. The van der Waals surface area contributed by atoms with Crippen LogP contribution in [0.3, 0.4) is 0 Å². The largest absolute Gasteiger partial charge is 0.320 e. The average Bonchev–Trinajstić information content (AvgIpc) is 2.71. The lowest BCUT2D eigenvalue weighted by molar-refractivity contribution is 0.277. The molecule has 0 radical (unpaired) electrons. The summed E-state index contributed by atoms with van der Waals surface area (Å²) < 4.78 is 0. The second kappa shape index (κ2) is 8.08. The van der Waals surface area contributed by atoms with Crippen molar-refractivity contribution in [2.45, 2.75) is 25.7 Å². The van der Waals surface area contributed by atoms with Crippen LogP contribution in [0.2, 0.25) is 0 Å². The first-order valence-electron chi connectivity index (χ1n) is 6.38. The van der Waals surface area contributed by atoms with Gasteiger partial charge in [-0.1, -0.05) is 0 Å². The smallest absolute Gasteiger partial charge is 0.000655 e. The molecule has 0 amide bonds. The molecule has 1 aliphatic heterocycles. The van der Waals surface area contributed by atoms with Crippen LogP contribution < -0.4 is 5.32 Å². The third-order valence-electron chi connectivity index (χ3n) is 3.18. The molecule has 1 rings (SSSR count). The number of hydrogen-bond acceptors (Lipinski definition) is 3. The fourth-order valence-electron chi connectivity index (χ4n) is 2.21. The summed E-state index contributed by atoms with van der Waals surface area (Å²) in [7, 11) is 4.26. The van der Waals surface area contributed by atoms with Gasteiger partial charge in [-0.05, 0) is 79.0 Å². The molecule has 0 atom stereocenters. The Kier molecular flexibility index (Phi) is 6.98. The van der Waals surface area contributed by atoms with E-state index in [0.29, 0.717) is 0 Å². The molecule has 1 fully saturated rings. The minimum absolute atomic E-state index is 1.14. The molecule has 0 bridgehead atoms. The summed E-state index contributed by atoms with van der Waals surface area (Å²) in [5.41, 5.74) is 0. The maximum absolute atomic E-state index is 3.19. The Morgan fingerprint density at radius 3 is 2.47 bits per heavy atom. The number of hydrogen-bond donors (Lipinski definition) is 1. The highest BCUT2D eigenvalue weighted by molar-refractivity contribution is 4.66. The molecule has 0 saturated carbocycles. The normalized spacial score (nSPS) is 17.8. The molecule has 1 saturated heterocycles. The highest BCUT2D eigenvalue weighted by atomic mass is 15.1. The van der Waals surface area contributed by atoms with Gasteiger partial charge < -0.3 is 15.1 Å². The molecular weight excluding hydrogens is 186 g/mol. The van der Waals surface area contributed by atoms with Crippen LogP contribution in [-0.4, -0.2) is 63.2 Å². The SMILES string of the molecule is CNCCCN(C)CCCN1CCCC1. The van der Waals surface area contributed by atoms with Crippen LogP contribution in [0.1, 0.15) is 25.7 Å². The predicted molar refractivity (Wildman–Crippen MR) is 66.3 cm³/mol. The van der Waals surface area contributed by atoms with Crippen molar-refractivity contribution in [2.24, 2.45) is 0 Å². The van der Waals surface area contributed by atoms with Gasteiger partial charge in [-0.15, -0.1) is 0 Å². The molecule has 1 aliphatic rings. The molecule has 15 heavy (non-hydrogen) atoms. The van der Waals surface area contributed by atoms with Crippen LogP contribution in [0.5, 0.6) is 0 Å². The van der Waals surface area contributed by atoms with Crippen LogP contribution in [-0.2, 0) is 0 Å². The highest BCUT2D eigenvalue weighted by Gasteiger charge is 2.10. The second-order valence-corrected chi connectivity index (χ2v) is 4.66. The zero-order valence-electron chi connectivity index (χ0n) is 10.5. The lowest BCUT2D eigenvalue weighted by atomic mass is 10.3. The van der Waals surface area contributed by atoms with E-state index in [-0.39, 0.29) is 0 Å². The Balaban J connectivity index is 1.89. The van der Waals surface area contributed by atoms with Crippen LogP contribution in [0.4, 0.5) is 0 Å². The van der Waals surface area contributed by atoms with Crippen LogP contribution in [0.15, 0.2) is 0 Å². The van der Waals surface area contributed by atoms with E-state index in [2.05, 4.69) is 22.2 Å². The Labute approximate surface area is 94.8 Å². The van der Waals surface area contributed by atoms with Gasteiger partial charge in [0, 0.05) is 0 Å². The van der Waals surface area contributed by atoms with Crippen molar-refractivity contribution < 1.29 is 0 Å². The summed E-state index contributed by atoms with van der Waals surface area (Å²) in [6.45, 7) is 7.58. The summed E-state index contributed by atoms with van der Waals surface area (Å²) in [5, 5.41) is 3.19. The van der Waals surface area contributed by atoms with Gasteiger partial charge in [0.2, 0.25) is 0 Å². The maximum atomic E-state index is 3.19. The quantitative estimate of drug-likeness (QED) is 0.607. The van der Waals surface area contributed by atoms with Gasteiger partial charge in [0.1, 0.15) is 0 Å². The fraction of sp³-hybridized carbons (Fsp3) is 1.00. The van der Waals surface area contributed by atoms with Crippen LogP contribution >= 0.6 is 0 Å². The molecule has 0 aromatic carbocycles. The van der Waals surface area contributed by atoms with E-state index in [4.69, 9.17) is 0 Å². The minimum Gasteiger partial charge on any atom is -0.320 e. The van der Waals surface area contributed by atoms with E-state index >= 15 is 0 Å². The minimum atomic E-state index is 1.14. The second-order valence-electron chi connectivity index (χ2n) is 4.66. The van der Waals surface area contributed by atoms with Gasteiger partial charge in [0.25, 0.3) is 0 Å². The lowest BCUT2D eigenvalue weighted by Gasteiger charge is -2.19. The topological polar surface area (TPSA) is 18.5 Å². The average molecular weight is 213 g/mol. The third-order valence-corrected chi connectivity index (χ3v) is 3.18. The first-order valence-corrected chi connectivity index (χ1v) is 6.38. The molecule has 1 heterocycles. The van der Waals surface area contributed by atoms with Crippen LogP contribution in [0, 0.1) is 0 Å². The zero-order chi connectivity index (χ0) is 10.9. The van der Waals surface area contributed by atoms with Crippen molar-refractivity contribution in [3.63, 3.8) is 0 Å². The van der Waals surface area contributed by atoms with Crippen molar-refractivity contribution in [3.8, 4) is 0 Å². The van der Waals surface area contributed by atoms with Gasteiger partial charge in [-0.3, -0.25) is 0 Å². The molecule has 0 aromatic heterocycles. The van der Waals surface area contributed by atoms with E-state index in [1.54, 1.807) is 0 Å². The van der Waals surface area contributed by atoms with Crippen molar-refractivity contribution >= 4 is 0 Å². The Morgan fingerprint density at radius 1 is 1.13 bits per heavy atom. The van der Waals surface area contributed by atoms with E-state index < -0.39 is 0 Å². The van der Waals surface area contributed by atoms with Crippen molar-refractivity contribution in [2.75, 3.05) is 53.4 Å². The summed E-state index contributed by atoms with van der Waals surface area (Å²) in [5.74, 6) is 0. The van der Waals surface area contributed by atoms with E-state index in [1.807, 2.05) is 7.05 Å². The van der Waals surface area contributed by atoms with E-state index in [1.165, 1.54) is 58.4 Å². The molecule has 0 aromatic rings. The fourth-order valence-corrected chi connectivity index (χ4v) is 2.21. The molecule has 3 heteroatoms. The molecule has 0 spiro atoms. The Morgan fingerprint density at radius 2 is 1.80 bits per heavy atom. The van der Waals surface area contributed by atoms with E-state index in [9.17, 15) is 0 Å². The van der Waals surface area contributed by atoms with Gasteiger partial charge in [-0.25, -0.2) is 0 Å². The number of nitrogens with zero attached hydrogens (tertiary/aromatic N) is 2. The van der Waals surface area contributed by atoms with Crippen molar-refractivity contribution in [3.05, 3.63) is 0 Å². The lowest BCUT2D eigenvalue weighted by Crippen LogP contribution is -2.28. The maximum Gasteiger partial charge on any atom is -0.000655 e. The van der Waals surface area contributed by atoms with Gasteiger partial charge in [0.15, 0.2) is 0 Å². The number of rotatable bonds is 8. The van der Waals surface area contributed by atoms with Crippen molar-refractivity contribution in [1.82, 2.24) is 15.1 Å². The Bertz CT molecular complexity index is 144.